The van der Waals surface area contributed by atoms with Gasteiger partial charge in [0.25, 0.3) is 0 Å². The molecule has 0 saturated heterocycles. The van der Waals surface area contributed by atoms with Crippen molar-refractivity contribution in [3.05, 3.63) is 66.1 Å². The highest BCUT2D eigenvalue weighted by molar-refractivity contribution is 5.79. The van der Waals surface area contributed by atoms with Crippen molar-refractivity contribution in [2.75, 3.05) is 0 Å². The summed E-state index contributed by atoms with van der Waals surface area (Å²) in [5.74, 6) is -3.04. The zero-order valence-corrected chi connectivity index (χ0v) is 13.6. The fourth-order valence-electron chi connectivity index (χ4n) is 3.57. The van der Waals surface area contributed by atoms with Crippen molar-refractivity contribution < 1.29 is 13.2 Å². The molecule has 0 saturated carbocycles. The van der Waals surface area contributed by atoms with Crippen molar-refractivity contribution in [1.82, 2.24) is 18.9 Å². The molecule has 0 amide bonds. The number of halogens is 3. The highest BCUT2D eigenvalue weighted by Gasteiger charge is 2.25. The monoisotopic (exact) mass is 354 g/mol. The SMILES string of the molecule is Fc1cc(-c2nc3n(c2-c2ccc4nccn4c2)CCC3)cc(F)c1F. The van der Waals surface area contributed by atoms with E-state index in [0.29, 0.717) is 5.69 Å². The number of aromatic nitrogens is 4. The van der Waals surface area contributed by atoms with Crippen LogP contribution in [-0.2, 0) is 13.0 Å². The average molecular weight is 354 g/mol. The Morgan fingerprint density at radius 1 is 1.00 bits per heavy atom. The summed E-state index contributed by atoms with van der Waals surface area (Å²) in [5, 5.41) is 0. The molecule has 0 atom stereocenters. The highest BCUT2D eigenvalue weighted by Crippen LogP contribution is 2.36. The van der Waals surface area contributed by atoms with Crippen LogP contribution in [0.2, 0.25) is 0 Å². The first-order valence-electron chi connectivity index (χ1n) is 8.29. The van der Waals surface area contributed by atoms with Crippen LogP contribution in [0.1, 0.15) is 12.2 Å². The molecule has 5 rings (SSSR count). The second kappa shape index (κ2) is 5.45. The summed E-state index contributed by atoms with van der Waals surface area (Å²) in [4.78, 5) is 8.83. The van der Waals surface area contributed by atoms with Gasteiger partial charge in [0.1, 0.15) is 11.5 Å². The second-order valence-electron chi connectivity index (χ2n) is 6.34. The van der Waals surface area contributed by atoms with Crippen LogP contribution >= 0.6 is 0 Å². The third-order valence-electron chi connectivity index (χ3n) is 4.75. The molecular formula is C19H13F3N4. The van der Waals surface area contributed by atoms with Crippen LogP contribution in [0.4, 0.5) is 13.2 Å². The Morgan fingerprint density at radius 3 is 2.62 bits per heavy atom. The molecule has 4 heterocycles. The lowest BCUT2D eigenvalue weighted by Crippen LogP contribution is -1.98. The van der Waals surface area contributed by atoms with Crippen LogP contribution in [0.5, 0.6) is 0 Å². The van der Waals surface area contributed by atoms with Gasteiger partial charge in [-0.25, -0.2) is 23.1 Å². The Morgan fingerprint density at radius 2 is 1.81 bits per heavy atom. The number of hydrogen-bond acceptors (Lipinski definition) is 2. The van der Waals surface area contributed by atoms with Crippen molar-refractivity contribution >= 4 is 5.65 Å². The van der Waals surface area contributed by atoms with E-state index in [1.807, 2.05) is 28.9 Å². The van der Waals surface area contributed by atoms with E-state index in [-0.39, 0.29) is 5.56 Å². The molecule has 1 aromatic carbocycles. The standard InChI is InChI=1S/C19H13F3N4/c20-13-8-12(9-14(21)17(13)22)18-19(26-6-1-2-16(26)24-18)11-3-4-15-23-5-7-25(15)10-11/h3-5,7-10H,1-2,6H2. The minimum absolute atomic E-state index is 0.226. The third kappa shape index (κ3) is 2.16. The van der Waals surface area contributed by atoms with E-state index in [2.05, 4.69) is 14.5 Å². The molecular weight excluding hydrogens is 341 g/mol. The summed E-state index contributed by atoms with van der Waals surface area (Å²) in [6, 6.07) is 5.77. The van der Waals surface area contributed by atoms with E-state index >= 15 is 0 Å². The van der Waals surface area contributed by atoms with E-state index in [9.17, 15) is 13.2 Å². The van der Waals surface area contributed by atoms with E-state index in [1.165, 1.54) is 0 Å². The largest absolute Gasteiger partial charge is 0.327 e. The van der Waals surface area contributed by atoms with Crippen LogP contribution < -0.4 is 0 Å². The fourth-order valence-corrected chi connectivity index (χ4v) is 3.57. The number of benzene rings is 1. The van der Waals surface area contributed by atoms with Crippen LogP contribution in [0.25, 0.3) is 28.2 Å². The molecule has 0 N–H and O–H groups in total. The van der Waals surface area contributed by atoms with E-state index in [0.717, 1.165) is 54.2 Å². The Labute approximate surface area is 146 Å². The summed E-state index contributed by atoms with van der Waals surface area (Å²) in [6.07, 6.45) is 7.20. The number of fused-ring (bicyclic) bond motifs is 2. The summed E-state index contributed by atoms with van der Waals surface area (Å²) in [7, 11) is 0. The van der Waals surface area contributed by atoms with Gasteiger partial charge in [-0.15, -0.1) is 0 Å². The molecule has 4 aromatic rings. The van der Waals surface area contributed by atoms with Gasteiger partial charge in [-0.1, -0.05) is 0 Å². The van der Waals surface area contributed by atoms with Crippen molar-refractivity contribution in [3.8, 4) is 22.5 Å². The molecule has 0 radical (unpaired) electrons. The van der Waals surface area contributed by atoms with Crippen molar-refractivity contribution in [2.24, 2.45) is 0 Å². The van der Waals surface area contributed by atoms with Gasteiger partial charge in [0, 0.05) is 42.7 Å². The zero-order chi connectivity index (χ0) is 17.8. The smallest absolute Gasteiger partial charge is 0.194 e. The van der Waals surface area contributed by atoms with Gasteiger partial charge >= 0.3 is 0 Å². The number of pyridine rings is 1. The van der Waals surface area contributed by atoms with Gasteiger partial charge in [0.05, 0.1) is 11.4 Å². The van der Waals surface area contributed by atoms with E-state index < -0.39 is 17.5 Å². The Hall–Kier alpha value is -3.09. The summed E-state index contributed by atoms with van der Waals surface area (Å²) < 4.78 is 44.8. The van der Waals surface area contributed by atoms with Crippen molar-refractivity contribution in [3.63, 3.8) is 0 Å². The van der Waals surface area contributed by atoms with Crippen LogP contribution in [0.15, 0.2) is 42.9 Å². The van der Waals surface area contributed by atoms with Crippen LogP contribution in [0, 0.1) is 17.5 Å². The number of imidazole rings is 2. The van der Waals surface area contributed by atoms with Crippen LogP contribution in [0.3, 0.4) is 0 Å². The predicted octanol–water partition coefficient (Wildman–Crippen LogP) is 4.23. The molecule has 0 bridgehead atoms. The van der Waals surface area contributed by atoms with Crippen molar-refractivity contribution in [1.29, 1.82) is 0 Å². The molecule has 130 valence electrons. The molecule has 0 spiro atoms. The van der Waals surface area contributed by atoms with E-state index in [1.54, 1.807) is 6.20 Å². The first kappa shape index (κ1) is 15.2. The molecule has 26 heavy (non-hydrogen) atoms. The summed E-state index contributed by atoms with van der Waals surface area (Å²) >= 11 is 0. The Balaban J connectivity index is 1.77. The molecule has 1 aliphatic rings. The number of nitrogens with zero attached hydrogens (tertiary/aromatic N) is 4. The fraction of sp³-hybridized carbons (Fsp3) is 0.158. The van der Waals surface area contributed by atoms with Gasteiger partial charge in [-0.3, -0.25) is 0 Å². The molecule has 4 nitrogen and oxygen atoms in total. The minimum Gasteiger partial charge on any atom is -0.327 e. The molecule has 7 heteroatoms. The van der Waals surface area contributed by atoms with Gasteiger partial charge in [-0.05, 0) is 30.7 Å². The van der Waals surface area contributed by atoms with Crippen LogP contribution in [-0.4, -0.2) is 18.9 Å². The highest BCUT2D eigenvalue weighted by atomic mass is 19.2. The Kier molecular flexibility index (Phi) is 3.19. The number of rotatable bonds is 2. The van der Waals surface area contributed by atoms with Gasteiger partial charge < -0.3 is 8.97 Å². The van der Waals surface area contributed by atoms with Gasteiger partial charge in [0.2, 0.25) is 0 Å². The van der Waals surface area contributed by atoms with Gasteiger partial charge in [0.15, 0.2) is 17.5 Å². The average Bonchev–Trinajstić information content (AvgIpc) is 3.33. The summed E-state index contributed by atoms with van der Waals surface area (Å²) in [5.41, 5.74) is 3.12. The maximum atomic E-state index is 13.8. The van der Waals surface area contributed by atoms with Crippen molar-refractivity contribution in [2.45, 2.75) is 19.4 Å². The van der Waals surface area contributed by atoms with Gasteiger partial charge in [-0.2, -0.15) is 0 Å². The quantitative estimate of drug-likeness (QED) is 0.505. The minimum atomic E-state index is -1.47. The maximum absolute atomic E-state index is 13.8. The topological polar surface area (TPSA) is 35.1 Å². The van der Waals surface area contributed by atoms with E-state index in [4.69, 9.17) is 0 Å². The zero-order valence-electron chi connectivity index (χ0n) is 13.6. The predicted molar refractivity (Wildman–Crippen MR) is 90.0 cm³/mol. The maximum Gasteiger partial charge on any atom is 0.194 e. The second-order valence-corrected chi connectivity index (χ2v) is 6.34. The first-order valence-corrected chi connectivity index (χ1v) is 8.29. The third-order valence-corrected chi connectivity index (χ3v) is 4.75. The lowest BCUT2D eigenvalue weighted by atomic mass is 10.1. The Bertz CT molecular complexity index is 1140. The molecule has 0 fully saturated rings. The lowest BCUT2D eigenvalue weighted by Gasteiger charge is -2.10. The molecule has 0 aliphatic carbocycles. The normalized spacial score (nSPS) is 13.5. The first-order chi connectivity index (χ1) is 12.6. The number of aryl methyl sites for hydroxylation is 1. The lowest BCUT2D eigenvalue weighted by molar-refractivity contribution is 0.447. The molecule has 1 aliphatic heterocycles. The molecule has 3 aromatic heterocycles. The number of hydrogen-bond donors (Lipinski definition) is 0. The molecule has 0 unspecified atom stereocenters. The summed E-state index contributed by atoms with van der Waals surface area (Å²) in [6.45, 7) is 0.784.